The summed E-state index contributed by atoms with van der Waals surface area (Å²) in [7, 11) is 19.7. The molecule has 0 aliphatic heterocycles. The van der Waals surface area contributed by atoms with Crippen LogP contribution in [0.3, 0.4) is 0 Å². The molecule has 0 aliphatic rings. The molecule has 0 aliphatic carbocycles. The zero-order valence-corrected chi connectivity index (χ0v) is 34.2. The average Bonchev–Trinajstić information content (AvgIpc) is 3.84. The number of unbranched alkanes of at least 4 members (excludes halogenated alkanes) is 4. The second-order valence-electron chi connectivity index (χ2n) is 9.73. The van der Waals surface area contributed by atoms with Crippen LogP contribution in [0.15, 0.2) is 97.1 Å². The van der Waals surface area contributed by atoms with E-state index in [0.29, 0.717) is 0 Å². The molecular formula is C36H52Cl4Zr2. The third-order valence-electron chi connectivity index (χ3n) is 6.20. The monoisotopic (exact) mass is 804 g/mol. The number of hydrogen-bond donors (Lipinski definition) is 0. The standard InChI is InChI=1S/4C9H13.4ClH.2Zr/c4*1-2-3-6-9-7-4-5-8-9;;;;;;/h4*4-5,7-8H,2-3,6H2,1H3;4*1H;;/q4*-1;;;;;2*+4/p-4. The Kier molecular flexibility index (Phi) is 39.7. The topological polar surface area (TPSA) is 0 Å². The van der Waals surface area contributed by atoms with Gasteiger partial charge in [0.1, 0.15) is 0 Å². The van der Waals surface area contributed by atoms with E-state index in [2.05, 4.69) is 125 Å². The molecule has 0 saturated heterocycles. The molecule has 4 rings (SSSR count). The van der Waals surface area contributed by atoms with E-state index < -0.39 is 41.7 Å². The van der Waals surface area contributed by atoms with E-state index in [0.717, 1.165) is 0 Å². The van der Waals surface area contributed by atoms with Gasteiger partial charge in [-0.25, -0.2) is 48.5 Å². The van der Waals surface area contributed by atoms with Crippen molar-refractivity contribution < 1.29 is 41.7 Å². The Balaban J connectivity index is 0. The molecule has 0 amide bonds. The summed E-state index contributed by atoms with van der Waals surface area (Å²) in [6.45, 7) is 8.90. The van der Waals surface area contributed by atoms with Gasteiger partial charge in [-0.15, -0.1) is 0 Å². The normalized spacial score (nSPS) is 8.95. The molecule has 0 radical (unpaired) electrons. The van der Waals surface area contributed by atoms with Gasteiger partial charge >= 0.3 is 75.7 Å². The van der Waals surface area contributed by atoms with Crippen LogP contribution in [0.4, 0.5) is 0 Å². The second-order valence-corrected chi connectivity index (χ2v) is 17.2. The van der Waals surface area contributed by atoms with Gasteiger partial charge in [0.2, 0.25) is 0 Å². The summed E-state index contributed by atoms with van der Waals surface area (Å²) in [5.41, 5.74) is 5.93. The van der Waals surface area contributed by atoms with Gasteiger partial charge in [-0.05, 0) is 0 Å². The molecule has 0 spiro atoms. The van der Waals surface area contributed by atoms with E-state index in [1.807, 2.05) is 0 Å². The van der Waals surface area contributed by atoms with E-state index in [-0.39, 0.29) is 0 Å². The molecule has 0 unspecified atom stereocenters. The molecule has 232 valence electrons. The van der Waals surface area contributed by atoms with E-state index in [4.69, 9.17) is 34.1 Å². The SMILES string of the molecule is CCCC[c-]1cccc1.CCCC[c-]1cccc1.CCCC[c-]1cccc1.CCCC[c-]1cccc1.[Cl][Zr+2][Cl].[Cl][Zr+2][Cl]. The van der Waals surface area contributed by atoms with Crippen molar-refractivity contribution in [1.82, 2.24) is 0 Å². The third-order valence-corrected chi connectivity index (χ3v) is 6.20. The molecule has 0 fully saturated rings. The third kappa shape index (κ3) is 31.7. The molecule has 0 atom stereocenters. The Morgan fingerprint density at radius 3 is 0.619 bits per heavy atom. The fourth-order valence-corrected chi connectivity index (χ4v) is 3.85. The molecule has 0 saturated carbocycles. The molecule has 42 heavy (non-hydrogen) atoms. The zero-order chi connectivity index (χ0) is 31.5. The van der Waals surface area contributed by atoms with Gasteiger partial charge in [-0.2, -0.15) is 70.8 Å². The Morgan fingerprint density at radius 1 is 0.357 bits per heavy atom. The quantitative estimate of drug-likeness (QED) is 0.125. The van der Waals surface area contributed by atoms with Crippen molar-refractivity contribution in [3.05, 3.63) is 119 Å². The molecule has 0 N–H and O–H groups in total. The van der Waals surface area contributed by atoms with Crippen LogP contribution in [0.1, 0.15) is 101 Å². The summed E-state index contributed by atoms with van der Waals surface area (Å²) in [5, 5.41) is 0. The van der Waals surface area contributed by atoms with Crippen LogP contribution in [0.2, 0.25) is 0 Å². The van der Waals surface area contributed by atoms with E-state index in [1.165, 1.54) is 99.3 Å². The molecule has 4 aromatic rings. The van der Waals surface area contributed by atoms with E-state index in [9.17, 15) is 0 Å². The summed E-state index contributed by atoms with van der Waals surface area (Å²) < 4.78 is 0. The number of aryl methyl sites for hydroxylation is 4. The molecule has 0 bridgehead atoms. The van der Waals surface area contributed by atoms with Crippen LogP contribution in [0, 0.1) is 0 Å². The van der Waals surface area contributed by atoms with Crippen molar-refractivity contribution in [3.63, 3.8) is 0 Å². The minimum absolute atomic E-state index is 0.826. The minimum atomic E-state index is -0.826. The fraction of sp³-hybridized carbons (Fsp3) is 0.444. The van der Waals surface area contributed by atoms with Gasteiger partial charge < -0.3 is 0 Å². The Bertz CT molecular complexity index is 761. The Labute approximate surface area is 296 Å². The van der Waals surface area contributed by atoms with Crippen molar-refractivity contribution in [3.8, 4) is 0 Å². The predicted molar refractivity (Wildman–Crippen MR) is 186 cm³/mol. The average molecular weight is 809 g/mol. The first-order valence-electron chi connectivity index (χ1n) is 15.3. The van der Waals surface area contributed by atoms with Crippen molar-refractivity contribution in [2.45, 2.75) is 105 Å². The van der Waals surface area contributed by atoms with Crippen LogP contribution < -0.4 is 0 Å². The van der Waals surface area contributed by atoms with Gasteiger partial charge in [0, 0.05) is 0 Å². The summed E-state index contributed by atoms with van der Waals surface area (Å²) in [4.78, 5) is 0. The first-order valence-corrected chi connectivity index (χ1v) is 28.0. The molecular weight excluding hydrogens is 757 g/mol. The predicted octanol–water partition coefficient (Wildman–Crippen LogP) is 13.7. The van der Waals surface area contributed by atoms with Gasteiger partial charge in [-0.1, -0.05) is 105 Å². The van der Waals surface area contributed by atoms with Crippen LogP contribution in [-0.2, 0) is 67.4 Å². The summed E-state index contributed by atoms with van der Waals surface area (Å²) >= 11 is -1.65. The Morgan fingerprint density at radius 2 is 0.500 bits per heavy atom. The molecule has 0 heterocycles. The van der Waals surface area contributed by atoms with Gasteiger partial charge in [0.15, 0.2) is 0 Å². The number of halogens is 4. The summed E-state index contributed by atoms with van der Waals surface area (Å²) in [6.07, 6.45) is 15.5. The van der Waals surface area contributed by atoms with Gasteiger partial charge in [0.25, 0.3) is 0 Å². The Hall–Kier alpha value is 0.326. The van der Waals surface area contributed by atoms with E-state index >= 15 is 0 Å². The van der Waals surface area contributed by atoms with Crippen LogP contribution in [-0.4, -0.2) is 0 Å². The molecule has 4 aromatic carbocycles. The van der Waals surface area contributed by atoms with Crippen LogP contribution in [0.25, 0.3) is 0 Å². The fourth-order valence-electron chi connectivity index (χ4n) is 3.85. The van der Waals surface area contributed by atoms with Gasteiger partial charge in [-0.3, -0.25) is 0 Å². The maximum absolute atomic E-state index is 4.93. The number of hydrogen-bond acceptors (Lipinski definition) is 0. The number of rotatable bonds is 12. The van der Waals surface area contributed by atoms with Crippen molar-refractivity contribution in [2.75, 3.05) is 0 Å². The van der Waals surface area contributed by atoms with Gasteiger partial charge in [0.05, 0.1) is 0 Å². The van der Waals surface area contributed by atoms with Crippen molar-refractivity contribution in [1.29, 1.82) is 0 Å². The zero-order valence-electron chi connectivity index (χ0n) is 26.2. The van der Waals surface area contributed by atoms with E-state index in [1.54, 1.807) is 0 Å². The molecule has 0 nitrogen and oxygen atoms in total. The summed E-state index contributed by atoms with van der Waals surface area (Å²) in [5.74, 6) is 0. The summed E-state index contributed by atoms with van der Waals surface area (Å²) in [6, 6.07) is 34.3. The first kappa shape index (κ1) is 44.5. The first-order chi connectivity index (χ1) is 20.6. The molecule has 0 aromatic heterocycles. The second kappa shape index (κ2) is 37.5. The maximum atomic E-state index is 4.93. The van der Waals surface area contributed by atoms with Crippen LogP contribution in [0.5, 0.6) is 0 Å². The van der Waals surface area contributed by atoms with Crippen molar-refractivity contribution >= 4 is 34.1 Å². The van der Waals surface area contributed by atoms with Crippen molar-refractivity contribution in [2.24, 2.45) is 0 Å². The molecule has 6 heteroatoms. The van der Waals surface area contributed by atoms with Crippen LogP contribution >= 0.6 is 34.1 Å².